The quantitative estimate of drug-likeness (QED) is 0.590. The zero-order valence-corrected chi connectivity index (χ0v) is 10.1. The van der Waals surface area contributed by atoms with Crippen LogP contribution in [0.5, 0.6) is 0 Å². The van der Waals surface area contributed by atoms with Gasteiger partial charge in [0.25, 0.3) is 0 Å². The average molecular weight is 229 g/mol. The molecule has 1 aromatic rings. The van der Waals surface area contributed by atoms with Gasteiger partial charge >= 0.3 is 5.97 Å². The summed E-state index contributed by atoms with van der Waals surface area (Å²) in [5, 5.41) is 0. The van der Waals surface area contributed by atoms with Crippen LogP contribution in [-0.2, 0) is 9.53 Å². The van der Waals surface area contributed by atoms with Gasteiger partial charge in [-0.3, -0.25) is 0 Å². The molecule has 0 unspecified atom stereocenters. The summed E-state index contributed by atoms with van der Waals surface area (Å²) in [4.78, 5) is 15.8. The summed E-state index contributed by atoms with van der Waals surface area (Å²) in [5.41, 5.74) is 2.38. The summed E-state index contributed by atoms with van der Waals surface area (Å²) >= 11 is 0. The molecule has 88 valence electrons. The molecular formula is C14H15NO2. The largest absolute Gasteiger partial charge is 0.402 e. The van der Waals surface area contributed by atoms with Crippen molar-refractivity contribution in [3.63, 3.8) is 0 Å². The Balaban J connectivity index is 2.27. The summed E-state index contributed by atoms with van der Waals surface area (Å²) in [6.07, 6.45) is 3.66. The molecule has 1 aliphatic heterocycles. The van der Waals surface area contributed by atoms with Crippen molar-refractivity contribution in [3.8, 4) is 0 Å². The third-order valence-corrected chi connectivity index (χ3v) is 2.51. The fraction of sp³-hybridized carbons (Fsp3) is 0.286. The molecular weight excluding hydrogens is 214 g/mol. The second kappa shape index (κ2) is 4.95. The summed E-state index contributed by atoms with van der Waals surface area (Å²) in [6.45, 7) is 4.05. The van der Waals surface area contributed by atoms with Gasteiger partial charge in [0.2, 0.25) is 5.90 Å². The van der Waals surface area contributed by atoms with Crippen LogP contribution in [0.4, 0.5) is 0 Å². The predicted octanol–water partition coefficient (Wildman–Crippen LogP) is 2.98. The first-order valence-electron chi connectivity index (χ1n) is 5.78. The number of rotatable bonds is 3. The van der Waals surface area contributed by atoms with Crippen molar-refractivity contribution in [3.05, 3.63) is 47.2 Å². The van der Waals surface area contributed by atoms with Gasteiger partial charge in [0, 0.05) is 5.56 Å². The van der Waals surface area contributed by atoms with Gasteiger partial charge in [-0.15, -0.1) is 0 Å². The Morgan fingerprint density at radius 3 is 2.94 bits per heavy atom. The normalized spacial score (nSPS) is 17.2. The zero-order valence-electron chi connectivity index (χ0n) is 10.1. The Hall–Kier alpha value is -1.90. The van der Waals surface area contributed by atoms with Crippen LogP contribution in [0.3, 0.4) is 0 Å². The average Bonchev–Trinajstić information content (AvgIpc) is 2.68. The first-order valence-corrected chi connectivity index (χ1v) is 5.78. The molecule has 0 radical (unpaired) electrons. The molecule has 3 nitrogen and oxygen atoms in total. The van der Waals surface area contributed by atoms with E-state index >= 15 is 0 Å². The van der Waals surface area contributed by atoms with Crippen molar-refractivity contribution in [1.29, 1.82) is 0 Å². The molecule has 1 heterocycles. The lowest BCUT2D eigenvalue weighted by Gasteiger charge is -1.99. The summed E-state index contributed by atoms with van der Waals surface area (Å²) < 4.78 is 5.15. The minimum Gasteiger partial charge on any atom is -0.402 e. The third-order valence-electron chi connectivity index (χ3n) is 2.51. The zero-order chi connectivity index (χ0) is 12.3. The minimum atomic E-state index is -0.352. The molecule has 0 fully saturated rings. The van der Waals surface area contributed by atoms with Gasteiger partial charge in [0.1, 0.15) is 5.70 Å². The monoisotopic (exact) mass is 229 g/mol. The van der Waals surface area contributed by atoms with Crippen LogP contribution < -0.4 is 0 Å². The number of nitrogens with zero attached hydrogens (tertiary/aromatic N) is 1. The fourth-order valence-electron chi connectivity index (χ4n) is 1.63. The number of cyclic esters (lactones) is 1. The highest BCUT2D eigenvalue weighted by molar-refractivity contribution is 6.11. The standard InChI is InChI=1S/C14H15NO2/c1-3-4-8-12-14(16)17-13(15-12)11-7-5-6-10(2)9-11/h5-9H,3-4H2,1-2H3/b12-8-. The number of carbonyl (C=O) groups excluding carboxylic acids is 1. The molecule has 0 N–H and O–H groups in total. The number of ether oxygens (including phenoxy) is 1. The van der Waals surface area contributed by atoms with Crippen molar-refractivity contribution in [2.24, 2.45) is 4.99 Å². The maximum absolute atomic E-state index is 11.5. The van der Waals surface area contributed by atoms with Crippen LogP contribution in [-0.4, -0.2) is 11.9 Å². The number of aliphatic imine (C=N–C) groups is 1. The molecule has 1 aliphatic rings. The molecule has 0 aromatic heterocycles. The van der Waals surface area contributed by atoms with Crippen LogP contribution in [0, 0.1) is 6.92 Å². The first kappa shape index (κ1) is 11.6. The van der Waals surface area contributed by atoms with E-state index in [1.165, 1.54) is 0 Å². The van der Waals surface area contributed by atoms with Crippen LogP contribution in [0.1, 0.15) is 30.9 Å². The minimum absolute atomic E-state index is 0.352. The van der Waals surface area contributed by atoms with E-state index in [2.05, 4.69) is 11.9 Å². The first-order chi connectivity index (χ1) is 8.20. The summed E-state index contributed by atoms with van der Waals surface area (Å²) in [7, 11) is 0. The Kier molecular flexibility index (Phi) is 3.38. The molecule has 0 atom stereocenters. The highest BCUT2D eigenvalue weighted by Crippen LogP contribution is 2.17. The van der Waals surface area contributed by atoms with Gasteiger partial charge in [0.05, 0.1) is 0 Å². The Morgan fingerprint density at radius 2 is 2.24 bits per heavy atom. The van der Waals surface area contributed by atoms with E-state index in [-0.39, 0.29) is 5.97 Å². The van der Waals surface area contributed by atoms with Gasteiger partial charge in [-0.2, -0.15) is 0 Å². The van der Waals surface area contributed by atoms with E-state index in [1.54, 1.807) is 0 Å². The SMILES string of the molecule is CCC/C=C1\N=C(c2cccc(C)c2)OC1=O. The van der Waals surface area contributed by atoms with Crippen LogP contribution in [0.15, 0.2) is 41.0 Å². The predicted molar refractivity (Wildman–Crippen MR) is 66.8 cm³/mol. The molecule has 0 spiro atoms. The number of allylic oxidation sites excluding steroid dienone is 1. The van der Waals surface area contributed by atoms with Gasteiger partial charge in [-0.05, 0) is 25.5 Å². The van der Waals surface area contributed by atoms with Gasteiger partial charge < -0.3 is 4.74 Å². The number of carbonyl (C=O) groups is 1. The van der Waals surface area contributed by atoms with Crippen LogP contribution in [0.25, 0.3) is 0 Å². The lowest BCUT2D eigenvalue weighted by atomic mass is 10.1. The van der Waals surface area contributed by atoms with E-state index in [4.69, 9.17) is 4.74 Å². The van der Waals surface area contributed by atoms with E-state index in [0.29, 0.717) is 11.6 Å². The van der Waals surface area contributed by atoms with Crippen LogP contribution in [0.2, 0.25) is 0 Å². The molecule has 0 amide bonds. The Bertz CT molecular complexity index is 501. The smallest absolute Gasteiger partial charge is 0.363 e. The molecule has 0 saturated carbocycles. The molecule has 1 aromatic carbocycles. The topological polar surface area (TPSA) is 38.7 Å². The van der Waals surface area contributed by atoms with Gasteiger partial charge in [0.15, 0.2) is 0 Å². The van der Waals surface area contributed by atoms with Gasteiger partial charge in [-0.1, -0.05) is 37.1 Å². The number of aryl methyl sites for hydroxylation is 1. The molecule has 3 heteroatoms. The van der Waals surface area contributed by atoms with E-state index in [0.717, 1.165) is 24.0 Å². The van der Waals surface area contributed by atoms with Crippen molar-refractivity contribution in [2.45, 2.75) is 26.7 Å². The molecule has 0 saturated heterocycles. The lowest BCUT2D eigenvalue weighted by molar-refractivity contribution is -0.130. The fourth-order valence-corrected chi connectivity index (χ4v) is 1.63. The van der Waals surface area contributed by atoms with E-state index in [9.17, 15) is 4.79 Å². The highest BCUT2D eigenvalue weighted by Gasteiger charge is 2.23. The van der Waals surface area contributed by atoms with Crippen molar-refractivity contribution in [1.82, 2.24) is 0 Å². The molecule has 0 bridgehead atoms. The Labute approximate surface area is 101 Å². The molecule has 0 aliphatic carbocycles. The van der Waals surface area contributed by atoms with Crippen molar-refractivity contribution >= 4 is 11.9 Å². The number of hydrogen-bond donors (Lipinski definition) is 0. The van der Waals surface area contributed by atoms with Crippen LogP contribution >= 0.6 is 0 Å². The second-order valence-electron chi connectivity index (χ2n) is 4.05. The van der Waals surface area contributed by atoms with Gasteiger partial charge in [-0.25, -0.2) is 9.79 Å². The highest BCUT2D eigenvalue weighted by atomic mass is 16.6. The number of hydrogen-bond acceptors (Lipinski definition) is 3. The molecule has 2 rings (SSSR count). The molecule has 17 heavy (non-hydrogen) atoms. The number of unbranched alkanes of at least 4 members (excludes halogenated alkanes) is 1. The van der Waals surface area contributed by atoms with Crippen molar-refractivity contribution in [2.75, 3.05) is 0 Å². The maximum Gasteiger partial charge on any atom is 0.363 e. The lowest BCUT2D eigenvalue weighted by Crippen LogP contribution is -2.05. The maximum atomic E-state index is 11.5. The second-order valence-corrected chi connectivity index (χ2v) is 4.05. The number of benzene rings is 1. The Morgan fingerprint density at radius 1 is 1.41 bits per heavy atom. The third kappa shape index (κ3) is 2.61. The summed E-state index contributed by atoms with van der Waals surface area (Å²) in [6, 6.07) is 7.76. The van der Waals surface area contributed by atoms with E-state index < -0.39 is 0 Å². The summed E-state index contributed by atoms with van der Waals surface area (Å²) in [5.74, 6) is 0.0519. The van der Waals surface area contributed by atoms with Crippen molar-refractivity contribution < 1.29 is 9.53 Å². The van der Waals surface area contributed by atoms with E-state index in [1.807, 2.05) is 37.3 Å². The number of esters is 1.